The van der Waals surface area contributed by atoms with Crippen LogP contribution in [0.5, 0.6) is 0 Å². The van der Waals surface area contributed by atoms with Gasteiger partial charge in [-0.2, -0.15) is 0 Å². The lowest BCUT2D eigenvalue weighted by atomic mass is 9.66. The topological polar surface area (TPSA) is 9.23 Å². The highest BCUT2D eigenvalue weighted by Crippen LogP contribution is 2.47. The lowest BCUT2D eigenvalue weighted by molar-refractivity contribution is 0.0225. The van der Waals surface area contributed by atoms with Gasteiger partial charge in [-0.25, -0.2) is 0 Å². The molecule has 0 aliphatic heterocycles. The Morgan fingerprint density at radius 1 is 1.29 bits per heavy atom. The maximum atomic E-state index is 5.43. The van der Waals surface area contributed by atoms with Crippen LogP contribution in [-0.2, 0) is 4.74 Å². The molecule has 0 radical (unpaired) electrons. The predicted molar refractivity (Wildman–Crippen MR) is 59.3 cm³/mol. The zero-order chi connectivity index (χ0) is 10.0. The van der Waals surface area contributed by atoms with Crippen LogP contribution in [0.25, 0.3) is 0 Å². The number of rotatable bonds is 1. The average molecular weight is 194 g/mol. The summed E-state index contributed by atoms with van der Waals surface area (Å²) in [6.45, 7) is 2.27. The van der Waals surface area contributed by atoms with Gasteiger partial charge in [-0.3, -0.25) is 0 Å². The second kappa shape index (κ2) is 4.06. The van der Waals surface area contributed by atoms with Gasteiger partial charge in [0.2, 0.25) is 0 Å². The molecule has 0 amide bonds. The van der Waals surface area contributed by atoms with E-state index in [1.165, 1.54) is 44.9 Å². The van der Waals surface area contributed by atoms with Crippen LogP contribution in [0.2, 0.25) is 0 Å². The monoisotopic (exact) mass is 194 g/mol. The van der Waals surface area contributed by atoms with E-state index in [4.69, 9.17) is 4.74 Å². The molecular formula is C13H22O. The average Bonchev–Trinajstić information content (AvgIpc) is 2.24. The molecule has 0 bridgehead atoms. The van der Waals surface area contributed by atoms with Gasteiger partial charge >= 0.3 is 0 Å². The fraction of sp³-hybridized carbons (Fsp3) is 0.846. The van der Waals surface area contributed by atoms with Crippen molar-refractivity contribution in [2.24, 2.45) is 5.41 Å². The number of methoxy groups -OCH3 is 1. The van der Waals surface area contributed by atoms with Gasteiger partial charge in [0.15, 0.2) is 0 Å². The van der Waals surface area contributed by atoms with Crippen molar-refractivity contribution in [3.63, 3.8) is 0 Å². The third kappa shape index (κ3) is 2.03. The summed E-state index contributed by atoms with van der Waals surface area (Å²) < 4.78 is 5.43. The minimum Gasteiger partial charge on any atom is -0.381 e. The van der Waals surface area contributed by atoms with Crippen molar-refractivity contribution >= 4 is 0 Å². The SMILES string of the molecule is COC1CCC2(CC=C(C)CC2)CC1. The van der Waals surface area contributed by atoms with E-state index >= 15 is 0 Å². The van der Waals surface area contributed by atoms with Gasteiger partial charge in [-0.05, 0) is 57.3 Å². The number of allylic oxidation sites excluding steroid dienone is 2. The quantitative estimate of drug-likeness (QED) is 0.578. The first kappa shape index (κ1) is 10.2. The summed E-state index contributed by atoms with van der Waals surface area (Å²) in [5, 5.41) is 0. The zero-order valence-electron chi connectivity index (χ0n) is 9.51. The molecule has 0 unspecified atom stereocenters. The first-order valence-electron chi connectivity index (χ1n) is 5.93. The number of ether oxygens (including phenoxy) is 1. The smallest absolute Gasteiger partial charge is 0.0571 e. The first-order chi connectivity index (χ1) is 6.74. The predicted octanol–water partition coefficient (Wildman–Crippen LogP) is 3.69. The number of hydrogen-bond donors (Lipinski definition) is 0. The Morgan fingerprint density at radius 3 is 2.50 bits per heavy atom. The highest BCUT2D eigenvalue weighted by atomic mass is 16.5. The largest absolute Gasteiger partial charge is 0.381 e. The van der Waals surface area contributed by atoms with E-state index in [-0.39, 0.29) is 0 Å². The van der Waals surface area contributed by atoms with Crippen molar-refractivity contribution in [1.82, 2.24) is 0 Å². The molecule has 0 N–H and O–H groups in total. The fourth-order valence-electron chi connectivity index (χ4n) is 2.95. The summed E-state index contributed by atoms with van der Waals surface area (Å²) in [4.78, 5) is 0. The van der Waals surface area contributed by atoms with Gasteiger partial charge in [-0.15, -0.1) is 0 Å². The molecule has 2 aliphatic carbocycles. The van der Waals surface area contributed by atoms with Gasteiger partial charge in [0, 0.05) is 7.11 Å². The number of hydrogen-bond acceptors (Lipinski definition) is 1. The molecular weight excluding hydrogens is 172 g/mol. The molecule has 0 aromatic heterocycles. The molecule has 1 nitrogen and oxygen atoms in total. The van der Waals surface area contributed by atoms with Crippen LogP contribution in [-0.4, -0.2) is 13.2 Å². The molecule has 1 saturated carbocycles. The van der Waals surface area contributed by atoms with E-state index in [9.17, 15) is 0 Å². The standard InChI is InChI=1S/C13H22O/c1-11-3-7-13(8-4-11)9-5-12(14-2)6-10-13/h3,12H,4-10H2,1-2H3. The lowest BCUT2D eigenvalue weighted by Crippen LogP contribution is -2.31. The molecule has 2 aliphatic rings. The summed E-state index contributed by atoms with van der Waals surface area (Å²) in [5.41, 5.74) is 2.26. The Hall–Kier alpha value is -0.300. The third-order valence-corrected chi connectivity index (χ3v) is 4.26. The molecule has 80 valence electrons. The molecule has 0 aromatic rings. The molecule has 0 atom stereocenters. The maximum absolute atomic E-state index is 5.43. The van der Waals surface area contributed by atoms with Crippen LogP contribution in [0.1, 0.15) is 51.9 Å². The van der Waals surface area contributed by atoms with Crippen molar-refractivity contribution < 1.29 is 4.74 Å². The minimum atomic E-state index is 0.549. The first-order valence-corrected chi connectivity index (χ1v) is 5.93. The van der Waals surface area contributed by atoms with Crippen molar-refractivity contribution in [3.8, 4) is 0 Å². The van der Waals surface area contributed by atoms with Crippen LogP contribution < -0.4 is 0 Å². The normalized spacial score (nSPS) is 38.4. The molecule has 1 spiro atoms. The molecule has 2 rings (SSSR count). The van der Waals surface area contributed by atoms with E-state index in [1.807, 2.05) is 7.11 Å². The Bertz CT molecular complexity index is 221. The summed E-state index contributed by atoms with van der Waals surface area (Å²) >= 11 is 0. The Labute approximate surface area is 87.5 Å². The molecule has 14 heavy (non-hydrogen) atoms. The fourth-order valence-corrected chi connectivity index (χ4v) is 2.95. The Morgan fingerprint density at radius 2 is 2.00 bits per heavy atom. The van der Waals surface area contributed by atoms with E-state index in [2.05, 4.69) is 13.0 Å². The van der Waals surface area contributed by atoms with Crippen molar-refractivity contribution in [2.45, 2.75) is 58.0 Å². The van der Waals surface area contributed by atoms with E-state index < -0.39 is 0 Å². The van der Waals surface area contributed by atoms with Crippen molar-refractivity contribution in [1.29, 1.82) is 0 Å². The van der Waals surface area contributed by atoms with Crippen molar-refractivity contribution in [2.75, 3.05) is 7.11 Å². The van der Waals surface area contributed by atoms with Crippen LogP contribution >= 0.6 is 0 Å². The van der Waals surface area contributed by atoms with Gasteiger partial charge in [0.25, 0.3) is 0 Å². The summed E-state index contributed by atoms with van der Waals surface area (Å²) in [7, 11) is 1.85. The Kier molecular flexibility index (Phi) is 2.96. The van der Waals surface area contributed by atoms with Crippen LogP contribution in [0.4, 0.5) is 0 Å². The summed E-state index contributed by atoms with van der Waals surface area (Å²) in [6, 6.07) is 0. The Balaban J connectivity index is 1.93. The van der Waals surface area contributed by atoms with Crippen LogP contribution in [0.15, 0.2) is 11.6 Å². The minimum absolute atomic E-state index is 0.549. The highest BCUT2D eigenvalue weighted by Gasteiger charge is 2.35. The zero-order valence-corrected chi connectivity index (χ0v) is 9.51. The summed E-state index contributed by atoms with van der Waals surface area (Å²) in [5.74, 6) is 0. The second-order valence-corrected chi connectivity index (χ2v) is 5.19. The van der Waals surface area contributed by atoms with Crippen molar-refractivity contribution in [3.05, 3.63) is 11.6 Å². The van der Waals surface area contributed by atoms with Gasteiger partial charge in [0.1, 0.15) is 0 Å². The third-order valence-electron chi connectivity index (χ3n) is 4.26. The van der Waals surface area contributed by atoms with E-state index in [0.717, 1.165) is 0 Å². The van der Waals surface area contributed by atoms with Crippen LogP contribution in [0, 0.1) is 5.41 Å². The van der Waals surface area contributed by atoms with E-state index in [1.54, 1.807) is 5.57 Å². The maximum Gasteiger partial charge on any atom is 0.0571 e. The molecule has 1 fully saturated rings. The summed E-state index contributed by atoms with van der Waals surface area (Å²) in [6.07, 6.45) is 12.4. The lowest BCUT2D eigenvalue weighted by Gasteiger charge is -2.41. The van der Waals surface area contributed by atoms with Crippen LogP contribution in [0.3, 0.4) is 0 Å². The highest BCUT2D eigenvalue weighted by molar-refractivity contribution is 5.08. The molecule has 1 heteroatoms. The molecule has 0 heterocycles. The van der Waals surface area contributed by atoms with Gasteiger partial charge < -0.3 is 4.74 Å². The second-order valence-electron chi connectivity index (χ2n) is 5.19. The molecule has 0 aromatic carbocycles. The van der Waals surface area contributed by atoms with Gasteiger partial charge in [0.05, 0.1) is 6.10 Å². The van der Waals surface area contributed by atoms with Gasteiger partial charge in [-0.1, -0.05) is 11.6 Å². The van der Waals surface area contributed by atoms with E-state index in [0.29, 0.717) is 11.5 Å². The molecule has 0 saturated heterocycles.